The third-order valence-corrected chi connectivity index (χ3v) is 5.49. The summed E-state index contributed by atoms with van der Waals surface area (Å²) in [7, 11) is 3.07. The second kappa shape index (κ2) is 8.47. The van der Waals surface area contributed by atoms with Crippen LogP contribution in [0.5, 0.6) is 17.2 Å². The van der Waals surface area contributed by atoms with Crippen LogP contribution in [-0.2, 0) is 6.54 Å². The summed E-state index contributed by atoms with van der Waals surface area (Å²) in [5, 5.41) is 9.88. The number of hydrogen-bond acceptors (Lipinski definition) is 7. The fourth-order valence-corrected chi connectivity index (χ4v) is 3.90. The van der Waals surface area contributed by atoms with Gasteiger partial charge in [0.05, 0.1) is 37.9 Å². The molecule has 0 bridgehead atoms. The molecule has 2 aromatic heterocycles. The number of benzene rings is 1. The Labute approximate surface area is 185 Å². The van der Waals surface area contributed by atoms with Crippen LogP contribution in [-0.4, -0.2) is 23.8 Å². The number of fused-ring (bicyclic) bond motifs is 1. The monoisotopic (exact) mass is 430 g/mol. The Morgan fingerprint density at radius 3 is 2.69 bits per heavy atom. The van der Waals surface area contributed by atoms with Crippen molar-refractivity contribution in [2.24, 2.45) is 5.73 Å². The zero-order valence-corrected chi connectivity index (χ0v) is 18.0. The molecular weight excluding hydrogens is 408 g/mol. The molecule has 0 amide bonds. The van der Waals surface area contributed by atoms with E-state index in [0.717, 1.165) is 5.69 Å². The maximum Gasteiger partial charge on any atom is 0.259 e. The number of aryl methyl sites for hydroxylation is 1. The summed E-state index contributed by atoms with van der Waals surface area (Å²) in [4.78, 5) is 18.1. The van der Waals surface area contributed by atoms with E-state index < -0.39 is 5.92 Å². The van der Waals surface area contributed by atoms with E-state index in [2.05, 4.69) is 11.1 Å². The third kappa shape index (κ3) is 3.54. The van der Waals surface area contributed by atoms with E-state index in [4.69, 9.17) is 19.9 Å². The highest BCUT2D eigenvalue weighted by atomic mass is 16.5. The molecule has 1 atom stereocenters. The second-order valence-corrected chi connectivity index (χ2v) is 7.31. The van der Waals surface area contributed by atoms with E-state index in [1.807, 2.05) is 25.1 Å². The first-order valence-electron chi connectivity index (χ1n) is 9.92. The Bertz CT molecular complexity index is 1310. The van der Waals surface area contributed by atoms with Crippen LogP contribution in [0.15, 0.2) is 64.9 Å². The number of aromatic nitrogens is 2. The van der Waals surface area contributed by atoms with Gasteiger partial charge in [0.1, 0.15) is 28.9 Å². The predicted octanol–water partition coefficient (Wildman–Crippen LogP) is 2.84. The van der Waals surface area contributed by atoms with Crippen LogP contribution in [0.2, 0.25) is 0 Å². The lowest BCUT2D eigenvalue weighted by Gasteiger charge is -2.28. The van der Waals surface area contributed by atoms with Crippen molar-refractivity contribution in [1.82, 2.24) is 9.55 Å². The van der Waals surface area contributed by atoms with E-state index in [-0.39, 0.29) is 23.6 Å². The fraction of sp³-hybridized carbons (Fsp3) is 0.208. The highest BCUT2D eigenvalue weighted by molar-refractivity contribution is 5.59. The van der Waals surface area contributed by atoms with Crippen LogP contribution >= 0.6 is 0 Å². The molecule has 0 radical (unpaired) electrons. The molecule has 3 heterocycles. The Morgan fingerprint density at radius 2 is 2.03 bits per heavy atom. The molecule has 0 fully saturated rings. The van der Waals surface area contributed by atoms with Gasteiger partial charge in [0.2, 0.25) is 5.88 Å². The highest BCUT2D eigenvalue weighted by Gasteiger charge is 2.36. The van der Waals surface area contributed by atoms with Crippen LogP contribution in [0.25, 0.3) is 0 Å². The summed E-state index contributed by atoms with van der Waals surface area (Å²) in [6, 6.07) is 14.6. The number of pyridine rings is 2. The lowest BCUT2D eigenvalue weighted by Crippen LogP contribution is -2.33. The minimum Gasteiger partial charge on any atom is -0.497 e. The topological polar surface area (TPSA) is 112 Å². The standard InChI is InChI=1S/C24H22N4O4/c1-14-10-20-22(24(29)28(14)13-15-6-4-5-9-27-15)21(18(12-25)23(26)32-20)17-8-7-16(30-2)11-19(17)31-3/h4-11,21H,13,26H2,1-3H3/t21-/m0/s1. The summed E-state index contributed by atoms with van der Waals surface area (Å²) in [5.41, 5.74) is 8.31. The Kier molecular flexibility index (Phi) is 5.56. The molecule has 3 aromatic rings. The Hall–Kier alpha value is -4.25. The third-order valence-electron chi connectivity index (χ3n) is 5.49. The lowest BCUT2D eigenvalue weighted by atomic mass is 9.83. The van der Waals surface area contributed by atoms with Crippen LogP contribution in [0, 0.1) is 18.3 Å². The van der Waals surface area contributed by atoms with Gasteiger partial charge in [0, 0.05) is 29.6 Å². The van der Waals surface area contributed by atoms with E-state index in [1.54, 1.807) is 42.1 Å². The second-order valence-electron chi connectivity index (χ2n) is 7.31. The summed E-state index contributed by atoms with van der Waals surface area (Å²) in [6.45, 7) is 2.10. The summed E-state index contributed by atoms with van der Waals surface area (Å²) in [6.07, 6.45) is 1.68. The summed E-state index contributed by atoms with van der Waals surface area (Å²) < 4.78 is 18.2. The molecule has 2 N–H and O–H groups in total. The number of nitrogens with two attached hydrogens (primary N) is 1. The molecule has 1 aliphatic heterocycles. The Morgan fingerprint density at radius 1 is 1.22 bits per heavy atom. The molecule has 0 unspecified atom stereocenters. The van der Waals surface area contributed by atoms with Crippen molar-refractivity contribution in [2.75, 3.05) is 14.2 Å². The van der Waals surface area contributed by atoms with Crippen molar-refractivity contribution in [2.45, 2.75) is 19.4 Å². The molecule has 1 aliphatic rings. The van der Waals surface area contributed by atoms with Gasteiger partial charge in [-0.25, -0.2) is 0 Å². The summed E-state index contributed by atoms with van der Waals surface area (Å²) >= 11 is 0. The van der Waals surface area contributed by atoms with Crippen LogP contribution in [0.4, 0.5) is 0 Å². The maximum atomic E-state index is 13.7. The molecule has 4 rings (SSSR count). The molecule has 1 aromatic carbocycles. The molecule has 0 aliphatic carbocycles. The molecule has 0 saturated heterocycles. The molecule has 32 heavy (non-hydrogen) atoms. The smallest absolute Gasteiger partial charge is 0.259 e. The first-order valence-corrected chi connectivity index (χ1v) is 9.92. The van der Waals surface area contributed by atoms with Crippen LogP contribution in [0.3, 0.4) is 0 Å². The largest absolute Gasteiger partial charge is 0.497 e. The van der Waals surface area contributed by atoms with Gasteiger partial charge in [0.25, 0.3) is 5.56 Å². The lowest BCUT2D eigenvalue weighted by molar-refractivity contribution is 0.378. The van der Waals surface area contributed by atoms with Crippen LogP contribution < -0.4 is 25.5 Å². The van der Waals surface area contributed by atoms with Crippen molar-refractivity contribution in [3.63, 3.8) is 0 Å². The molecule has 8 heteroatoms. The van der Waals surface area contributed by atoms with Crippen molar-refractivity contribution in [3.05, 3.63) is 93.0 Å². The van der Waals surface area contributed by atoms with Crippen molar-refractivity contribution >= 4 is 0 Å². The van der Waals surface area contributed by atoms with E-state index >= 15 is 0 Å². The zero-order valence-electron chi connectivity index (χ0n) is 18.0. The predicted molar refractivity (Wildman–Crippen MR) is 118 cm³/mol. The van der Waals surface area contributed by atoms with Crippen molar-refractivity contribution < 1.29 is 14.2 Å². The number of allylic oxidation sites excluding steroid dienone is 1. The van der Waals surface area contributed by atoms with E-state index in [1.165, 1.54) is 7.11 Å². The van der Waals surface area contributed by atoms with Crippen LogP contribution in [0.1, 0.15) is 28.4 Å². The maximum absolute atomic E-state index is 13.7. The fourth-order valence-electron chi connectivity index (χ4n) is 3.90. The molecular formula is C24H22N4O4. The van der Waals surface area contributed by atoms with Crippen molar-refractivity contribution in [3.8, 4) is 23.3 Å². The van der Waals surface area contributed by atoms with Gasteiger partial charge in [-0.1, -0.05) is 12.1 Å². The number of nitriles is 1. The number of methoxy groups -OCH3 is 2. The molecule has 0 spiro atoms. The average Bonchev–Trinajstić information content (AvgIpc) is 2.81. The first kappa shape index (κ1) is 21.0. The zero-order chi connectivity index (χ0) is 22.8. The number of rotatable bonds is 5. The SMILES string of the molecule is COc1ccc([C@H]2C(C#N)=C(N)Oc3cc(C)n(Cc4ccccn4)c(=O)c32)c(OC)c1. The molecule has 8 nitrogen and oxygen atoms in total. The van der Waals surface area contributed by atoms with Gasteiger partial charge in [-0.05, 0) is 25.1 Å². The van der Waals surface area contributed by atoms with Gasteiger partial charge in [-0.15, -0.1) is 0 Å². The van der Waals surface area contributed by atoms with Gasteiger partial charge < -0.3 is 24.5 Å². The molecule has 162 valence electrons. The minimum absolute atomic E-state index is 0.0378. The number of ether oxygens (including phenoxy) is 3. The van der Waals surface area contributed by atoms with Gasteiger partial charge >= 0.3 is 0 Å². The van der Waals surface area contributed by atoms with Gasteiger partial charge in [0.15, 0.2) is 0 Å². The Balaban J connectivity index is 1.96. The summed E-state index contributed by atoms with van der Waals surface area (Å²) in [5.74, 6) is 0.588. The van der Waals surface area contributed by atoms with E-state index in [0.29, 0.717) is 34.1 Å². The number of hydrogen-bond donors (Lipinski definition) is 1. The van der Waals surface area contributed by atoms with Gasteiger partial charge in [-0.2, -0.15) is 5.26 Å². The first-order chi connectivity index (χ1) is 15.5. The quantitative estimate of drug-likeness (QED) is 0.662. The highest BCUT2D eigenvalue weighted by Crippen LogP contribution is 2.44. The average molecular weight is 430 g/mol. The van der Waals surface area contributed by atoms with Crippen molar-refractivity contribution in [1.29, 1.82) is 5.26 Å². The normalized spacial score (nSPS) is 14.9. The van der Waals surface area contributed by atoms with Gasteiger partial charge in [-0.3, -0.25) is 9.78 Å². The minimum atomic E-state index is -0.757. The number of nitrogens with zero attached hydrogens (tertiary/aromatic N) is 3. The van der Waals surface area contributed by atoms with E-state index in [9.17, 15) is 10.1 Å². The molecule has 0 saturated carbocycles.